The summed E-state index contributed by atoms with van der Waals surface area (Å²) in [5.74, 6) is 0.352. The molecule has 0 unspecified atom stereocenters. The number of hydrogen-bond donors (Lipinski definition) is 1. The number of oxazole rings is 1. The van der Waals surface area contributed by atoms with Crippen molar-refractivity contribution >= 4 is 11.1 Å². The van der Waals surface area contributed by atoms with Gasteiger partial charge < -0.3 is 4.42 Å². The molecule has 3 heteroatoms. The Morgan fingerprint density at radius 3 is 2.19 bits per heavy atom. The minimum Gasteiger partial charge on any atom is -0.408 e. The maximum Gasteiger partial charge on any atom is 0.417 e. The fourth-order valence-corrected chi connectivity index (χ4v) is 2.01. The number of rotatable bonds is 2. The van der Waals surface area contributed by atoms with Gasteiger partial charge in [0.05, 0.1) is 5.52 Å². The topological polar surface area (TPSA) is 46.0 Å². The molecule has 0 spiro atoms. The van der Waals surface area contributed by atoms with Crippen molar-refractivity contribution in [1.82, 2.24) is 4.98 Å². The molecule has 1 N–H and O–H groups in total. The number of hydrogen-bond acceptors (Lipinski definition) is 2. The maximum atomic E-state index is 11.3. The molecule has 0 saturated heterocycles. The van der Waals surface area contributed by atoms with E-state index in [2.05, 4.69) is 44.8 Å². The molecule has 0 aliphatic carbocycles. The zero-order chi connectivity index (χ0) is 11.9. The van der Waals surface area contributed by atoms with Gasteiger partial charge in [0.25, 0.3) is 0 Å². The summed E-state index contributed by atoms with van der Waals surface area (Å²) in [6, 6.07) is 4.13. The molecule has 0 saturated carbocycles. The standard InChI is InChI=1S/C13H17NO2/c1-7(2)9-5-6-10(8(3)4)12-11(9)14-13(15)16-12/h5-8H,1-4H3,(H,14,15). The third-order valence-electron chi connectivity index (χ3n) is 2.89. The minimum absolute atomic E-state index is 0.350. The largest absolute Gasteiger partial charge is 0.417 e. The Balaban J connectivity index is 2.81. The second-order valence-electron chi connectivity index (χ2n) is 4.77. The quantitative estimate of drug-likeness (QED) is 0.841. The molecular weight excluding hydrogens is 202 g/mol. The van der Waals surface area contributed by atoms with E-state index in [4.69, 9.17) is 4.42 Å². The molecule has 2 aromatic rings. The summed E-state index contributed by atoms with van der Waals surface area (Å²) < 4.78 is 5.24. The second kappa shape index (κ2) is 3.81. The molecule has 0 radical (unpaired) electrons. The number of nitrogens with one attached hydrogen (secondary N) is 1. The first kappa shape index (κ1) is 11.0. The molecule has 1 aromatic heterocycles. The fourth-order valence-electron chi connectivity index (χ4n) is 2.01. The van der Waals surface area contributed by atoms with E-state index in [0.29, 0.717) is 17.4 Å². The van der Waals surface area contributed by atoms with Crippen LogP contribution in [0.1, 0.15) is 50.7 Å². The summed E-state index contributed by atoms with van der Waals surface area (Å²) in [7, 11) is 0. The number of aromatic amines is 1. The van der Waals surface area contributed by atoms with E-state index in [9.17, 15) is 4.79 Å². The Hall–Kier alpha value is -1.51. The first-order valence-corrected chi connectivity index (χ1v) is 5.66. The molecule has 0 atom stereocenters. The van der Waals surface area contributed by atoms with E-state index in [1.165, 1.54) is 0 Å². The van der Waals surface area contributed by atoms with Crippen LogP contribution >= 0.6 is 0 Å². The molecular formula is C13H17NO2. The highest BCUT2D eigenvalue weighted by Crippen LogP contribution is 2.29. The molecule has 0 aliphatic heterocycles. The predicted octanol–water partition coefficient (Wildman–Crippen LogP) is 3.37. The lowest BCUT2D eigenvalue weighted by Gasteiger charge is -2.10. The monoisotopic (exact) mass is 219 g/mol. The van der Waals surface area contributed by atoms with Crippen LogP contribution in [0.2, 0.25) is 0 Å². The third kappa shape index (κ3) is 1.66. The number of aromatic nitrogens is 1. The smallest absolute Gasteiger partial charge is 0.408 e. The van der Waals surface area contributed by atoms with Crippen LogP contribution in [-0.2, 0) is 0 Å². The van der Waals surface area contributed by atoms with Crippen molar-refractivity contribution in [3.05, 3.63) is 33.8 Å². The van der Waals surface area contributed by atoms with Gasteiger partial charge in [-0.3, -0.25) is 4.98 Å². The van der Waals surface area contributed by atoms with Gasteiger partial charge in [-0.25, -0.2) is 4.79 Å². The van der Waals surface area contributed by atoms with Gasteiger partial charge in [-0.15, -0.1) is 0 Å². The normalized spacial score (nSPS) is 11.9. The molecule has 0 fully saturated rings. The Morgan fingerprint density at radius 1 is 1.06 bits per heavy atom. The van der Waals surface area contributed by atoms with Crippen molar-refractivity contribution in [2.45, 2.75) is 39.5 Å². The Bertz CT molecular complexity index is 513. The highest BCUT2D eigenvalue weighted by Gasteiger charge is 2.15. The summed E-state index contributed by atoms with van der Waals surface area (Å²) in [4.78, 5) is 14.1. The maximum absolute atomic E-state index is 11.3. The van der Waals surface area contributed by atoms with Crippen molar-refractivity contribution in [2.24, 2.45) is 0 Å². The molecule has 0 bridgehead atoms. The zero-order valence-electron chi connectivity index (χ0n) is 10.1. The lowest BCUT2D eigenvalue weighted by molar-refractivity contribution is 0.549. The van der Waals surface area contributed by atoms with Gasteiger partial charge in [0, 0.05) is 0 Å². The molecule has 3 nitrogen and oxygen atoms in total. The van der Waals surface area contributed by atoms with E-state index < -0.39 is 0 Å². The predicted molar refractivity (Wildman–Crippen MR) is 65.0 cm³/mol. The van der Waals surface area contributed by atoms with Gasteiger partial charge in [-0.05, 0) is 23.0 Å². The van der Waals surface area contributed by atoms with Gasteiger partial charge in [-0.1, -0.05) is 39.8 Å². The third-order valence-corrected chi connectivity index (χ3v) is 2.89. The van der Waals surface area contributed by atoms with Crippen LogP contribution in [0.5, 0.6) is 0 Å². The highest BCUT2D eigenvalue weighted by molar-refractivity contribution is 5.80. The van der Waals surface area contributed by atoms with Crippen molar-refractivity contribution < 1.29 is 4.42 Å². The summed E-state index contributed by atoms with van der Waals surface area (Å²) in [5.41, 5.74) is 3.78. The fraction of sp³-hybridized carbons (Fsp3) is 0.462. The van der Waals surface area contributed by atoms with Crippen LogP contribution in [0.25, 0.3) is 11.1 Å². The van der Waals surface area contributed by atoms with Gasteiger partial charge in [0.2, 0.25) is 0 Å². The summed E-state index contributed by atoms with van der Waals surface area (Å²) in [5, 5.41) is 0. The van der Waals surface area contributed by atoms with E-state index in [0.717, 1.165) is 16.6 Å². The van der Waals surface area contributed by atoms with E-state index in [1.807, 2.05) is 0 Å². The lowest BCUT2D eigenvalue weighted by Crippen LogP contribution is -1.96. The molecule has 1 aromatic carbocycles. The summed E-state index contributed by atoms with van der Waals surface area (Å²) in [6.07, 6.45) is 0. The van der Waals surface area contributed by atoms with Crippen LogP contribution < -0.4 is 5.76 Å². The number of fused-ring (bicyclic) bond motifs is 1. The highest BCUT2D eigenvalue weighted by atomic mass is 16.4. The molecule has 16 heavy (non-hydrogen) atoms. The summed E-state index contributed by atoms with van der Waals surface area (Å²) in [6.45, 7) is 8.40. The van der Waals surface area contributed by atoms with Gasteiger partial charge in [0.1, 0.15) is 0 Å². The van der Waals surface area contributed by atoms with E-state index in [1.54, 1.807) is 0 Å². The first-order chi connectivity index (χ1) is 7.50. The number of H-pyrrole nitrogens is 1. The second-order valence-corrected chi connectivity index (χ2v) is 4.77. The lowest BCUT2D eigenvalue weighted by atomic mass is 9.95. The summed E-state index contributed by atoms with van der Waals surface area (Å²) >= 11 is 0. The average Bonchev–Trinajstić information content (AvgIpc) is 2.56. The molecule has 0 aliphatic rings. The molecule has 0 amide bonds. The molecule has 86 valence electrons. The van der Waals surface area contributed by atoms with E-state index >= 15 is 0 Å². The van der Waals surface area contributed by atoms with Crippen LogP contribution in [0.3, 0.4) is 0 Å². The Labute approximate surface area is 94.5 Å². The van der Waals surface area contributed by atoms with Crippen LogP contribution in [0.15, 0.2) is 21.3 Å². The Kier molecular flexibility index (Phi) is 2.62. The molecule has 2 rings (SSSR count). The SMILES string of the molecule is CC(C)c1ccc(C(C)C)c2oc(=O)[nH]c12. The van der Waals surface area contributed by atoms with Gasteiger partial charge in [0.15, 0.2) is 5.58 Å². The minimum atomic E-state index is -0.370. The van der Waals surface area contributed by atoms with Crippen molar-refractivity contribution in [2.75, 3.05) is 0 Å². The van der Waals surface area contributed by atoms with Crippen molar-refractivity contribution in [1.29, 1.82) is 0 Å². The zero-order valence-corrected chi connectivity index (χ0v) is 10.1. The van der Waals surface area contributed by atoms with Gasteiger partial charge >= 0.3 is 5.76 Å². The van der Waals surface area contributed by atoms with Crippen LogP contribution in [0, 0.1) is 0 Å². The van der Waals surface area contributed by atoms with Gasteiger partial charge in [-0.2, -0.15) is 0 Å². The van der Waals surface area contributed by atoms with Crippen molar-refractivity contribution in [3.8, 4) is 0 Å². The van der Waals surface area contributed by atoms with Crippen LogP contribution in [0.4, 0.5) is 0 Å². The molecule has 1 heterocycles. The average molecular weight is 219 g/mol. The number of benzene rings is 1. The van der Waals surface area contributed by atoms with Crippen molar-refractivity contribution in [3.63, 3.8) is 0 Å². The van der Waals surface area contributed by atoms with Crippen LogP contribution in [-0.4, -0.2) is 4.98 Å². The Morgan fingerprint density at radius 2 is 1.62 bits per heavy atom. The van der Waals surface area contributed by atoms with E-state index in [-0.39, 0.29) is 5.76 Å². The first-order valence-electron chi connectivity index (χ1n) is 5.66.